The zero-order valence-corrected chi connectivity index (χ0v) is 11.3. The largest absolute Gasteiger partial charge is 0.280 e. The van der Waals surface area contributed by atoms with E-state index in [1.165, 1.54) is 0 Å². The topological polar surface area (TPSA) is 46.2 Å². The van der Waals surface area contributed by atoms with Crippen LogP contribution in [0, 0.1) is 12.7 Å². The maximum atomic E-state index is 12.9. The summed E-state index contributed by atoms with van der Waals surface area (Å²) in [5.74, 6) is -0.592. The predicted octanol–water partition coefficient (Wildman–Crippen LogP) is 3.46. The highest BCUT2D eigenvalue weighted by molar-refractivity contribution is 7.92. The Morgan fingerprint density at radius 2 is 1.74 bits per heavy atom. The van der Waals surface area contributed by atoms with Gasteiger partial charge < -0.3 is 0 Å². The third-order valence-corrected chi connectivity index (χ3v) is 4.25. The Morgan fingerprint density at radius 3 is 2.32 bits per heavy atom. The van der Waals surface area contributed by atoms with Crippen molar-refractivity contribution in [2.75, 3.05) is 4.72 Å². The Morgan fingerprint density at radius 1 is 1.11 bits per heavy atom. The van der Waals surface area contributed by atoms with Gasteiger partial charge in [-0.15, -0.1) is 0 Å². The Balaban J connectivity index is 2.35. The first-order valence-electron chi connectivity index (χ1n) is 5.28. The zero-order chi connectivity index (χ0) is 14.0. The lowest BCUT2D eigenvalue weighted by Gasteiger charge is -2.09. The summed E-state index contributed by atoms with van der Waals surface area (Å²) in [6.07, 6.45) is 0. The van der Waals surface area contributed by atoms with Crippen LogP contribution in [0.25, 0.3) is 0 Å². The van der Waals surface area contributed by atoms with E-state index in [0.29, 0.717) is 5.69 Å². The van der Waals surface area contributed by atoms with E-state index < -0.39 is 15.8 Å². The molecule has 1 radical (unpaired) electrons. The molecule has 0 aliphatic heterocycles. The molecule has 0 saturated heterocycles. The lowest BCUT2D eigenvalue weighted by Crippen LogP contribution is -2.13. The van der Waals surface area contributed by atoms with Crippen LogP contribution in [-0.2, 0) is 10.0 Å². The van der Waals surface area contributed by atoms with E-state index in [1.54, 1.807) is 24.3 Å². The molecule has 0 heterocycles. The number of halogens is 2. The van der Waals surface area contributed by atoms with Crippen molar-refractivity contribution >= 4 is 27.3 Å². The van der Waals surface area contributed by atoms with Crippen LogP contribution in [0.4, 0.5) is 10.1 Å². The van der Waals surface area contributed by atoms with Gasteiger partial charge in [0.25, 0.3) is 10.0 Å². The van der Waals surface area contributed by atoms with Crippen molar-refractivity contribution in [2.45, 2.75) is 4.90 Å². The summed E-state index contributed by atoms with van der Waals surface area (Å²) in [6.45, 7) is 3.70. The molecule has 0 amide bonds. The summed E-state index contributed by atoms with van der Waals surface area (Å²) in [4.78, 5) is -0.172. The molecule has 0 aliphatic carbocycles. The molecule has 0 unspecified atom stereocenters. The summed E-state index contributed by atoms with van der Waals surface area (Å²) in [5, 5.41) is -0.165. The van der Waals surface area contributed by atoms with Crippen LogP contribution >= 0.6 is 11.6 Å². The monoisotopic (exact) mass is 298 g/mol. The zero-order valence-electron chi connectivity index (χ0n) is 9.73. The fourth-order valence-corrected chi connectivity index (χ4v) is 3.07. The molecule has 0 spiro atoms. The number of sulfonamides is 1. The van der Waals surface area contributed by atoms with Gasteiger partial charge in [0.05, 0.1) is 5.02 Å². The third-order valence-electron chi connectivity index (χ3n) is 2.39. The third kappa shape index (κ3) is 3.24. The molecule has 3 nitrogen and oxygen atoms in total. The fraction of sp³-hybridized carbons (Fsp3) is 0. The molecular weight excluding hydrogens is 289 g/mol. The van der Waals surface area contributed by atoms with Crippen molar-refractivity contribution < 1.29 is 12.8 Å². The number of hydrogen-bond acceptors (Lipinski definition) is 2. The quantitative estimate of drug-likeness (QED) is 0.943. The van der Waals surface area contributed by atoms with Gasteiger partial charge in [-0.05, 0) is 42.8 Å². The first-order chi connectivity index (χ1) is 8.88. The molecule has 2 rings (SSSR count). The Kier molecular flexibility index (Phi) is 3.78. The molecule has 0 saturated carbocycles. The van der Waals surface area contributed by atoms with Crippen LogP contribution in [0.1, 0.15) is 5.56 Å². The van der Waals surface area contributed by atoms with Gasteiger partial charge in [0.15, 0.2) is 0 Å². The Hall–Kier alpha value is -1.59. The SMILES string of the molecule is [CH2]c1ccc(NS(=O)(=O)c2ccc(F)cc2Cl)cc1. The van der Waals surface area contributed by atoms with Crippen LogP contribution in [0.5, 0.6) is 0 Å². The fourth-order valence-electron chi connectivity index (χ4n) is 1.48. The highest BCUT2D eigenvalue weighted by Gasteiger charge is 2.18. The molecule has 0 aliphatic rings. The van der Waals surface area contributed by atoms with Gasteiger partial charge in [-0.25, -0.2) is 12.8 Å². The Bertz CT molecular complexity index is 699. The number of nitrogens with one attached hydrogen (secondary N) is 1. The normalized spacial score (nSPS) is 11.3. The lowest BCUT2D eigenvalue weighted by atomic mass is 10.2. The van der Waals surface area contributed by atoms with E-state index in [4.69, 9.17) is 11.6 Å². The maximum absolute atomic E-state index is 12.9. The van der Waals surface area contributed by atoms with Gasteiger partial charge in [0.2, 0.25) is 0 Å². The summed E-state index contributed by atoms with van der Waals surface area (Å²) < 4.78 is 39.4. The van der Waals surface area contributed by atoms with E-state index >= 15 is 0 Å². The van der Waals surface area contributed by atoms with Crippen molar-refractivity contribution in [1.82, 2.24) is 0 Å². The van der Waals surface area contributed by atoms with Crippen molar-refractivity contribution in [2.24, 2.45) is 0 Å². The molecule has 0 fully saturated rings. The second-order valence-corrected chi connectivity index (χ2v) is 5.94. The van der Waals surface area contributed by atoms with E-state index in [1.807, 2.05) is 0 Å². The molecule has 99 valence electrons. The van der Waals surface area contributed by atoms with Gasteiger partial charge >= 0.3 is 0 Å². The molecule has 0 bridgehead atoms. The van der Waals surface area contributed by atoms with Crippen molar-refractivity contribution in [1.29, 1.82) is 0 Å². The minimum atomic E-state index is -3.84. The van der Waals surface area contributed by atoms with Gasteiger partial charge in [0.1, 0.15) is 10.7 Å². The highest BCUT2D eigenvalue weighted by atomic mass is 35.5. The minimum Gasteiger partial charge on any atom is -0.280 e. The molecule has 1 N–H and O–H groups in total. The first kappa shape index (κ1) is 13.8. The smallest absolute Gasteiger partial charge is 0.263 e. The highest BCUT2D eigenvalue weighted by Crippen LogP contribution is 2.24. The van der Waals surface area contributed by atoms with Crippen LogP contribution in [0.3, 0.4) is 0 Å². The minimum absolute atomic E-state index is 0.165. The number of rotatable bonds is 3. The van der Waals surface area contributed by atoms with E-state index in [-0.39, 0.29) is 9.92 Å². The van der Waals surface area contributed by atoms with Crippen molar-refractivity contribution in [3.05, 3.63) is 65.8 Å². The van der Waals surface area contributed by atoms with Crippen LogP contribution in [0.2, 0.25) is 5.02 Å². The number of benzene rings is 2. The number of hydrogen-bond donors (Lipinski definition) is 1. The van der Waals surface area contributed by atoms with Gasteiger partial charge in [-0.1, -0.05) is 23.7 Å². The lowest BCUT2D eigenvalue weighted by molar-refractivity contribution is 0.600. The molecular formula is C13H10ClFNO2S. The molecule has 0 atom stereocenters. The van der Waals surface area contributed by atoms with Gasteiger partial charge in [-0.2, -0.15) is 0 Å². The average Bonchev–Trinajstić information content (AvgIpc) is 2.31. The van der Waals surface area contributed by atoms with Gasteiger partial charge in [-0.3, -0.25) is 4.72 Å². The maximum Gasteiger partial charge on any atom is 0.263 e. The van der Waals surface area contributed by atoms with Crippen LogP contribution < -0.4 is 4.72 Å². The predicted molar refractivity (Wildman–Crippen MR) is 73.1 cm³/mol. The Labute approximate surface area is 116 Å². The van der Waals surface area contributed by atoms with E-state index in [9.17, 15) is 12.8 Å². The van der Waals surface area contributed by atoms with Crippen LogP contribution in [-0.4, -0.2) is 8.42 Å². The molecule has 2 aromatic carbocycles. The summed E-state index contributed by atoms with van der Waals surface area (Å²) in [6, 6.07) is 9.62. The summed E-state index contributed by atoms with van der Waals surface area (Å²) >= 11 is 5.74. The second kappa shape index (κ2) is 5.19. The summed E-state index contributed by atoms with van der Waals surface area (Å²) in [7, 11) is -3.84. The first-order valence-corrected chi connectivity index (χ1v) is 7.14. The van der Waals surface area contributed by atoms with Crippen molar-refractivity contribution in [3.63, 3.8) is 0 Å². The molecule has 6 heteroatoms. The van der Waals surface area contributed by atoms with E-state index in [2.05, 4.69) is 11.6 Å². The number of anilines is 1. The standard InChI is InChI=1S/C13H10ClFNO2S/c1-9-2-5-11(6-3-9)16-19(17,18)13-7-4-10(15)8-12(13)14/h2-8,16H,1H2. The van der Waals surface area contributed by atoms with Crippen molar-refractivity contribution in [3.8, 4) is 0 Å². The second-order valence-electron chi connectivity index (χ2n) is 3.88. The molecule has 2 aromatic rings. The molecule has 19 heavy (non-hydrogen) atoms. The van der Waals surface area contributed by atoms with Gasteiger partial charge in [0, 0.05) is 5.69 Å². The molecule has 0 aromatic heterocycles. The van der Waals surface area contributed by atoms with E-state index in [0.717, 1.165) is 23.8 Å². The van der Waals surface area contributed by atoms with Crippen LogP contribution in [0.15, 0.2) is 47.4 Å². The average molecular weight is 299 g/mol. The summed E-state index contributed by atoms with van der Waals surface area (Å²) in [5.41, 5.74) is 1.15.